The molecule has 2 nitrogen and oxygen atoms in total. The minimum absolute atomic E-state index is 0.864. The van der Waals surface area contributed by atoms with Crippen molar-refractivity contribution in [2.24, 2.45) is 5.92 Å². The minimum atomic E-state index is 0.864. The van der Waals surface area contributed by atoms with Gasteiger partial charge in [-0.3, -0.25) is 4.90 Å². The Hall–Kier alpha value is 0.01000. The number of nitrogens with zero attached hydrogens (tertiary/aromatic N) is 1. The molecule has 2 saturated heterocycles. The first-order chi connectivity index (χ1) is 6.95. The SMILES string of the molecule is C(=C/C1CCSC1)/CN1CCNCC1. The topological polar surface area (TPSA) is 15.3 Å². The molecule has 2 fully saturated rings. The lowest BCUT2D eigenvalue weighted by Crippen LogP contribution is -2.43. The maximum Gasteiger partial charge on any atom is 0.0164 e. The molecule has 2 aliphatic heterocycles. The molecule has 0 aromatic carbocycles. The van der Waals surface area contributed by atoms with E-state index in [1.54, 1.807) is 0 Å². The van der Waals surface area contributed by atoms with Crippen LogP contribution >= 0.6 is 11.8 Å². The van der Waals surface area contributed by atoms with Crippen LogP contribution in [0.25, 0.3) is 0 Å². The Balaban J connectivity index is 1.64. The molecule has 0 amide bonds. The standard InChI is InChI=1S/C11H20N2S/c1(2-11-3-9-14-10-11)6-13-7-4-12-5-8-13/h1-2,11-12H,3-10H2/b2-1-. The molecule has 1 N–H and O–H groups in total. The molecule has 0 aliphatic carbocycles. The molecule has 0 aromatic heterocycles. The van der Waals surface area contributed by atoms with E-state index in [4.69, 9.17) is 0 Å². The molecule has 0 spiro atoms. The lowest BCUT2D eigenvalue weighted by molar-refractivity contribution is 0.264. The minimum Gasteiger partial charge on any atom is -0.314 e. The fourth-order valence-corrected chi connectivity index (χ4v) is 3.22. The number of hydrogen-bond donors (Lipinski definition) is 1. The van der Waals surface area contributed by atoms with E-state index >= 15 is 0 Å². The van der Waals surface area contributed by atoms with Crippen LogP contribution in [0.15, 0.2) is 12.2 Å². The van der Waals surface area contributed by atoms with Crippen LogP contribution in [0.4, 0.5) is 0 Å². The largest absolute Gasteiger partial charge is 0.314 e. The molecule has 0 saturated carbocycles. The van der Waals surface area contributed by atoms with Crippen LogP contribution in [0, 0.1) is 5.92 Å². The van der Waals surface area contributed by atoms with Crippen LogP contribution in [0.3, 0.4) is 0 Å². The predicted molar refractivity (Wildman–Crippen MR) is 63.9 cm³/mol. The van der Waals surface area contributed by atoms with Gasteiger partial charge in [-0.25, -0.2) is 0 Å². The highest BCUT2D eigenvalue weighted by atomic mass is 32.2. The van der Waals surface area contributed by atoms with Gasteiger partial charge < -0.3 is 5.32 Å². The second kappa shape index (κ2) is 5.79. The molecule has 3 heteroatoms. The van der Waals surface area contributed by atoms with Gasteiger partial charge in [-0.2, -0.15) is 11.8 Å². The normalized spacial score (nSPS) is 30.1. The third-order valence-electron chi connectivity index (χ3n) is 2.95. The van der Waals surface area contributed by atoms with Crippen molar-refractivity contribution in [3.05, 3.63) is 12.2 Å². The molecule has 2 rings (SSSR count). The Morgan fingerprint density at radius 2 is 2.21 bits per heavy atom. The molecular weight excluding hydrogens is 192 g/mol. The van der Waals surface area contributed by atoms with E-state index in [1.807, 2.05) is 0 Å². The van der Waals surface area contributed by atoms with Crippen LogP contribution in [0.5, 0.6) is 0 Å². The van der Waals surface area contributed by atoms with Crippen LogP contribution in [-0.4, -0.2) is 49.1 Å². The molecule has 14 heavy (non-hydrogen) atoms. The summed E-state index contributed by atoms with van der Waals surface area (Å²) in [7, 11) is 0. The van der Waals surface area contributed by atoms with E-state index in [0.717, 1.165) is 25.6 Å². The third kappa shape index (κ3) is 3.30. The van der Waals surface area contributed by atoms with E-state index in [0.29, 0.717) is 0 Å². The summed E-state index contributed by atoms with van der Waals surface area (Å²) >= 11 is 2.09. The fourth-order valence-electron chi connectivity index (χ4n) is 2.00. The van der Waals surface area contributed by atoms with Gasteiger partial charge in [0.15, 0.2) is 0 Å². The van der Waals surface area contributed by atoms with Gasteiger partial charge in [0.1, 0.15) is 0 Å². The van der Waals surface area contributed by atoms with E-state index in [9.17, 15) is 0 Å². The molecule has 0 aromatic rings. The summed E-state index contributed by atoms with van der Waals surface area (Å²) in [6.07, 6.45) is 6.20. The van der Waals surface area contributed by atoms with Crippen molar-refractivity contribution in [3.63, 3.8) is 0 Å². The summed E-state index contributed by atoms with van der Waals surface area (Å²) in [5, 5.41) is 3.38. The second-order valence-corrected chi connectivity index (χ2v) is 5.25. The molecule has 1 unspecified atom stereocenters. The maximum absolute atomic E-state index is 3.38. The highest BCUT2D eigenvalue weighted by Crippen LogP contribution is 2.24. The Kier molecular flexibility index (Phi) is 4.35. The fraction of sp³-hybridized carbons (Fsp3) is 0.818. The van der Waals surface area contributed by atoms with Gasteiger partial charge in [-0.15, -0.1) is 0 Å². The van der Waals surface area contributed by atoms with E-state index in [2.05, 4.69) is 34.1 Å². The Labute approximate surface area is 91.1 Å². The maximum atomic E-state index is 3.38. The van der Waals surface area contributed by atoms with Crippen molar-refractivity contribution in [2.75, 3.05) is 44.2 Å². The quantitative estimate of drug-likeness (QED) is 0.708. The average Bonchev–Trinajstić information content (AvgIpc) is 2.72. The average molecular weight is 212 g/mol. The number of allylic oxidation sites excluding steroid dienone is 1. The van der Waals surface area contributed by atoms with Crippen molar-refractivity contribution in [2.45, 2.75) is 6.42 Å². The first-order valence-electron chi connectivity index (χ1n) is 5.62. The molecular formula is C11H20N2S. The van der Waals surface area contributed by atoms with Crippen LogP contribution < -0.4 is 5.32 Å². The van der Waals surface area contributed by atoms with Crippen molar-refractivity contribution in [3.8, 4) is 0 Å². The monoisotopic (exact) mass is 212 g/mol. The Morgan fingerprint density at radius 3 is 2.93 bits per heavy atom. The summed E-state index contributed by atoms with van der Waals surface area (Å²) in [5.41, 5.74) is 0. The smallest absolute Gasteiger partial charge is 0.0164 e. The Bertz CT molecular complexity index is 182. The first-order valence-corrected chi connectivity index (χ1v) is 6.78. The summed E-state index contributed by atoms with van der Waals surface area (Å²) < 4.78 is 0. The molecule has 0 bridgehead atoms. The van der Waals surface area contributed by atoms with Gasteiger partial charge in [-0.05, 0) is 23.8 Å². The van der Waals surface area contributed by atoms with Crippen molar-refractivity contribution in [1.82, 2.24) is 10.2 Å². The van der Waals surface area contributed by atoms with Crippen molar-refractivity contribution >= 4 is 11.8 Å². The number of hydrogen-bond acceptors (Lipinski definition) is 3. The van der Waals surface area contributed by atoms with Crippen molar-refractivity contribution < 1.29 is 0 Å². The van der Waals surface area contributed by atoms with Gasteiger partial charge in [0, 0.05) is 32.7 Å². The summed E-state index contributed by atoms with van der Waals surface area (Å²) in [4.78, 5) is 2.52. The number of nitrogens with one attached hydrogen (secondary N) is 1. The van der Waals surface area contributed by atoms with Gasteiger partial charge in [0.2, 0.25) is 0 Å². The van der Waals surface area contributed by atoms with E-state index in [-0.39, 0.29) is 0 Å². The first kappa shape index (κ1) is 10.5. The lowest BCUT2D eigenvalue weighted by Gasteiger charge is -2.25. The lowest BCUT2D eigenvalue weighted by atomic mass is 10.1. The van der Waals surface area contributed by atoms with Gasteiger partial charge in [0.05, 0.1) is 0 Å². The van der Waals surface area contributed by atoms with Crippen LogP contribution in [0.2, 0.25) is 0 Å². The highest BCUT2D eigenvalue weighted by Gasteiger charge is 2.12. The summed E-state index contributed by atoms with van der Waals surface area (Å²) in [5.74, 6) is 3.57. The zero-order valence-electron chi connectivity index (χ0n) is 8.74. The van der Waals surface area contributed by atoms with Crippen LogP contribution in [0.1, 0.15) is 6.42 Å². The summed E-state index contributed by atoms with van der Waals surface area (Å²) in [6, 6.07) is 0. The van der Waals surface area contributed by atoms with Gasteiger partial charge in [-0.1, -0.05) is 12.2 Å². The summed E-state index contributed by atoms with van der Waals surface area (Å²) in [6.45, 7) is 5.90. The number of rotatable bonds is 3. The molecule has 2 heterocycles. The highest BCUT2D eigenvalue weighted by molar-refractivity contribution is 7.99. The molecule has 2 aliphatic rings. The zero-order chi connectivity index (χ0) is 9.64. The second-order valence-electron chi connectivity index (χ2n) is 4.10. The van der Waals surface area contributed by atoms with Crippen molar-refractivity contribution in [1.29, 1.82) is 0 Å². The van der Waals surface area contributed by atoms with Gasteiger partial charge >= 0.3 is 0 Å². The molecule has 0 radical (unpaired) electrons. The van der Waals surface area contributed by atoms with E-state index < -0.39 is 0 Å². The van der Waals surface area contributed by atoms with Gasteiger partial charge in [0.25, 0.3) is 0 Å². The van der Waals surface area contributed by atoms with E-state index in [1.165, 1.54) is 31.0 Å². The third-order valence-corrected chi connectivity index (χ3v) is 4.13. The zero-order valence-corrected chi connectivity index (χ0v) is 9.56. The Morgan fingerprint density at radius 1 is 1.36 bits per heavy atom. The molecule has 80 valence electrons. The molecule has 1 atom stereocenters. The number of piperazine rings is 1. The predicted octanol–water partition coefficient (Wildman–Crippen LogP) is 1.20. The van der Waals surface area contributed by atoms with Crippen LogP contribution in [-0.2, 0) is 0 Å². The number of thioether (sulfide) groups is 1.